The monoisotopic (exact) mass is 703 g/mol. The largest absolute Gasteiger partial charge is 0.456 e. The van der Waals surface area contributed by atoms with Crippen molar-refractivity contribution in [1.29, 1.82) is 0 Å². The Morgan fingerprint density at radius 1 is 0.273 bits per heavy atom. The van der Waals surface area contributed by atoms with Gasteiger partial charge in [-0.25, -0.2) is 15.0 Å². The van der Waals surface area contributed by atoms with Crippen molar-refractivity contribution in [1.82, 2.24) is 15.0 Å². The van der Waals surface area contributed by atoms with Gasteiger partial charge in [0.15, 0.2) is 17.5 Å². The van der Waals surface area contributed by atoms with Crippen molar-refractivity contribution in [2.45, 2.75) is 0 Å². The van der Waals surface area contributed by atoms with Crippen LogP contribution in [-0.4, -0.2) is 15.0 Å². The lowest BCUT2D eigenvalue weighted by Gasteiger charge is -2.12. The van der Waals surface area contributed by atoms with Gasteiger partial charge in [-0.1, -0.05) is 158 Å². The molecule has 0 bridgehead atoms. The number of nitrogens with zero attached hydrogens (tertiary/aromatic N) is 3. The summed E-state index contributed by atoms with van der Waals surface area (Å²) in [6.07, 6.45) is 0. The van der Waals surface area contributed by atoms with Gasteiger partial charge in [0.05, 0.1) is 0 Å². The van der Waals surface area contributed by atoms with Crippen LogP contribution in [0.2, 0.25) is 0 Å². The molecule has 4 heteroatoms. The van der Waals surface area contributed by atoms with Crippen molar-refractivity contribution < 1.29 is 4.42 Å². The molecule has 0 aliphatic rings. The zero-order valence-electron chi connectivity index (χ0n) is 29.8. The van der Waals surface area contributed by atoms with E-state index in [4.69, 9.17) is 19.4 Å². The topological polar surface area (TPSA) is 51.8 Å². The molecule has 0 unspecified atom stereocenters. The standard InChI is InChI=1S/C51H33N3O/c1-5-14-34(15-6-1)41-30-42(35-16-7-2-8-17-35)32-43(31-41)36-24-26-37(27-25-36)44-22-13-23-47-48(44)45-33-40(28-29-46(45)55-47)51-53-49(38-18-9-3-10-19-38)52-50(54-51)39-20-11-4-12-21-39/h1-33H. The van der Waals surface area contributed by atoms with E-state index in [9.17, 15) is 0 Å². The van der Waals surface area contributed by atoms with Crippen LogP contribution in [0.5, 0.6) is 0 Å². The van der Waals surface area contributed by atoms with Crippen LogP contribution in [0.25, 0.3) is 101 Å². The highest BCUT2D eigenvalue weighted by Crippen LogP contribution is 2.40. The summed E-state index contributed by atoms with van der Waals surface area (Å²) in [6, 6.07) is 69.5. The third kappa shape index (κ3) is 6.26. The van der Waals surface area contributed by atoms with Gasteiger partial charge in [0.2, 0.25) is 0 Å². The van der Waals surface area contributed by atoms with Crippen molar-refractivity contribution in [3.63, 3.8) is 0 Å². The minimum Gasteiger partial charge on any atom is -0.456 e. The van der Waals surface area contributed by atoms with E-state index in [1.807, 2.05) is 78.9 Å². The Morgan fingerprint density at radius 3 is 1.20 bits per heavy atom. The van der Waals surface area contributed by atoms with E-state index in [0.29, 0.717) is 17.5 Å². The van der Waals surface area contributed by atoms with Crippen molar-refractivity contribution in [3.05, 3.63) is 200 Å². The number of rotatable bonds is 7. The van der Waals surface area contributed by atoms with Crippen LogP contribution in [0.3, 0.4) is 0 Å². The molecule has 0 aliphatic carbocycles. The summed E-state index contributed by atoms with van der Waals surface area (Å²) in [7, 11) is 0. The van der Waals surface area contributed by atoms with E-state index >= 15 is 0 Å². The molecule has 0 aliphatic heterocycles. The molecule has 2 aromatic heterocycles. The normalized spacial score (nSPS) is 11.3. The highest BCUT2D eigenvalue weighted by molar-refractivity contribution is 6.13. The number of hydrogen-bond donors (Lipinski definition) is 0. The summed E-state index contributed by atoms with van der Waals surface area (Å²) >= 11 is 0. The second kappa shape index (κ2) is 13.8. The van der Waals surface area contributed by atoms with Gasteiger partial charge in [0.25, 0.3) is 0 Å². The molecule has 258 valence electrons. The van der Waals surface area contributed by atoms with Gasteiger partial charge in [-0.05, 0) is 87.0 Å². The molecule has 0 radical (unpaired) electrons. The Bertz CT molecular complexity index is 2820. The predicted molar refractivity (Wildman–Crippen MR) is 225 cm³/mol. The van der Waals surface area contributed by atoms with Crippen LogP contribution < -0.4 is 0 Å². The van der Waals surface area contributed by atoms with Crippen molar-refractivity contribution in [2.75, 3.05) is 0 Å². The van der Waals surface area contributed by atoms with Crippen LogP contribution in [0.15, 0.2) is 205 Å². The minimum absolute atomic E-state index is 0.610. The maximum absolute atomic E-state index is 6.44. The molecule has 0 amide bonds. The zero-order chi connectivity index (χ0) is 36.6. The second-order valence-corrected chi connectivity index (χ2v) is 13.6. The number of aromatic nitrogens is 3. The van der Waals surface area contributed by atoms with Gasteiger partial charge in [0.1, 0.15) is 11.2 Å². The average Bonchev–Trinajstić information content (AvgIpc) is 3.66. The average molecular weight is 704 g/mol. The molecule has 10 aromatic rings. The summed E-state index contributed by atoms with van der Waals surface area (Å²) in [5.41, 5.74) is 13.7. The van der Waals surface area contributed by atoms with Crippen LogP contribution in [0.1, 0.15) is 0 Å². The second-order valence-electron chi connectivity index (χ2n) is 13.6. The van der Waals surface area contributed by atoms with Crippen molar-refractivity contribution in [3.8, 4) is 78.7 Å². The molecule has 2 heterocycles. The van der Waals surface area contributed by atoms with Crippen molar-refractivity contribution >= 4 is 21.9 Å². The number of fused-ring (bicyclic) bond motifs is 3. The lowest BCUT2D eigenvalue weighted by Crippen LogP contribution is -2.00. The number of furan rings is 1. The maximum Gasteiger partial charge on any atom is 0.164 e. The fourth-order valence-corrected chi connectivity index (χ4v) is 7.38. The first-order chi connectivity index (χ1) is 27.2. The lowest BCUT2D eigenvalue weighted by molar-refractivity contribution is 0.669. The summed E-state index contributed by atoms with van der Waals surface area (Å²) in [5, 5.41) is 2.07. The van der Waals surface area contributed by atoms with E-state index in [1.165, 1.54) is 27.8 Å². The van der Waals surface area contributed by atoms with Gasteiger partial charge >= 0.3 is 0 Å². The number of hydrogen-bond acceptors (Lipinski definition) is 4. The molecule has 0 atom stereocenters. The zero-order valence-corrected chi connectivity index (χ0v) is 29.8. The lowest BCUT2D eigenvalue weighted by atomic mass is 9.92. The summed E-state index contributed by atoms with van der Waals surface area (Å²) < 4.78 is 6.44. The first kappa shape index (κ1) is 32.2. The molecular weight excluding hydrogens is 671 g/mol. The Hall–Kier alpha value is -7.43. The van der Waals surface area contributed by atoms with Crippen LogP contribution in [0.4, 0.5) is 0 Å². The van der Waals surface area contributed by atoms with Gasteiger partial charge in [-0.2, -0.15) is 0 Å². The summed E-state index contributed by atoms with van der Waals surface area (Å²) in [4.78, 5) is 14.9. The van der Waals surface area contributed by atoms with Crippen LogP contribution >= 0.6 is 0 Å². The molecule has 0 saturated carbocycles. The fraction of sp³-hybridized carbons (Fsp3) is 0. The van der Waals surface area contributed by atoms with E-state index in [0.717, 1.165) is 55.3 Å². The molecule has 0 N–H and O–H groups in total. The predicted octanol–water partition coefficient (Wildman–Crippen LogP) is 13.4. The molecule has 0 saturated heterocycles. The highest BCUT2D eigenvalue weighted by atomic mass is 16.3. The Morgan fingerprint density at radius 2 is 0.691 bits per heavy atom. The highest BCUT2D eigenvalue weighted by Gasteiger charge is 2.17. The third-order valence-corrected chi connectivity index (χ3v) is 10.1. The molecule has 10 rings (SSSR count). The van der Waals surface area contributed by atoms with Crippen LogP contribution in [0, 0.1) is 0 Å². The molecule has 55 heavy (non-hydrogen) atoms. The minimum atomic E-state index is 0.610. The van der Waals surface area contributed by atoms with Crippen LogP contribution in [-0.2, 0) is 0 Å². The molecule has 0 spiro atoms. The molecular formula is C51H33N3O. The smallest absolute Gasteiger partial charge is 0.164 e. The Kier molecular flexibility index (Phi) is 8.12. The Balaban J connectivity index is 1.07. The van der Waals surface area contributed by atoms with E-state index in [-0.39, 0.29) is 0 Å². The summed E-state index contributed by atoms with van der Waals surface area (Å²) in [6.45, 7) is 0. The quantitative estimate of drug-likeness (QED) is 0.166. The van der Waals surface area contributed by atoms with Gasteiger partial charge in [0, 0.05) is 27.5 Å². The van der Waals surface area contributed by atoms with Gasteiger partial charge in [-0.15, -0.1) is 0 Å². The third-order valence-electron chi connectivity index (χ3n) is 10.1. The van der Waals surface area contributed by atoms with E-state index in [2.05, 4.69) is 121 Å². The summed E-state index contributed by atoms with van der Waals surface area (Å²) in [5.74, 6) is 1.87. The van der Waals surface area contributed by atoms with Crippen molar-refractivity contribution in [2.24, 2.45) is 0 Å². The molecule has 0 fully saturated rings. The maximum atomic E-state index is 6.44. The SMILES string of the molecule is c1ccc(-c2cc(-c3ccccc3)cc(-c3ccc(-c4cccc5oc6ccc(-c7nc(-c8ccccc8)nc(-c8ccccc8)n7)cc6c45)cc3)c2)cc1. The van der Waals surface area contributed by atoms with E-state index in [1.54, 1.807) is 0 Å². The first-order valence-electron chi connectivity index (χ1n) is 18.4. The Labute approximate surface area is 319 Å². The van der Waals surface area contributed by atoms with Gasteiger partial charge < -0.3 is 4.42 Å². The number of benzene rings is 8. The molecule has 4 nitrogen and oxygen atoms in total. The van der Waals surface area contributed by atoms with E-state index < -0.39 is 0 Å². The van der Waals surface area contributed by atoms with Gasteiger partial charge in [-0.3, -0.25) is 0 Å². The molecule has 8 aromatic carbocycles. The first-order valence-corrected chi connectivity index (χ1v) is 18.4. The fourth-order valence-electron chi connectivity index (χ4n) is 7.38.